The predicted octanol–water partition coefficient (Wildman–Crippen LogP) is 4.11. The minimum atomic E-state index is -0.224. The number of hydrogen-bond acceptors (Lipinski definition) is 3. The van der Waals surface area contributed by atoms with Crippen LogP contribution in [0, 0.1) is 0 Å². The van der Waals surface area contributed by atoms with Crippen molar-refractivity contribution in [1.29, 1.82) is 0 Å². The van der Waals surface area contributed by atoms with Crippen molar-refractivity contribution in [1.82, 2.24) is 10.2 Å². The molecule has 0 saturated carbocycles. The van der Waals surface area contributed by atoms with Gasteiger partial charge >= 0.3 is 0 Å². The number of ether oxygens (including phenoxy) is 1. The van der Waals surface area contributed by atoms with Crippen molar-refractivity contribution in [2.75, 3.05) is 19.8 Å². The lowest BCUT2D eigenvalue weighted by molar-refractivity contribution is -0.133. The molecule has 1 aliphatic heterocycles. The molecule has 28 heavy (non-hydrogen) atoms. The van der Waals surface area contributed by atoms with Crippen LogP contribution in [0.2, 0.25) is 0 Å². The molecule has 0 radical (unpaired) electrons. The monoisotopic (exact) mass is 380 g/mol. The number of benzene rings is 2. The number of nitrogens with zero attached hydrogens (tertiary/aromatic N) is 1. The van der Waals surface area contributed by atoms with Crippen LogP contribution in [0.25, 0.3) is 0 Å². The Bertz CT molecular complexity index is 747. The number of morpholine rings is 1. The standard InChI is InChI=1S/C22H26N2O2.C2H6/c25-22(23-20-12-6-10-18-9-4-5-11-19(18)20)21-16-26-14-13-24(21)15-17-7-2-1-3-8-17;1-2/h1-5,7-9,11,20-21H,6,10,12-16H2,(H,23,25);1-2H3. The maximum absolute atomic E-state index is 13.0. The van der Waals surface area contributed by atoms with Crippen LogP contribution in [0.15, 0.2) is 54.6 Å². The van der Waals surface area contributed by atoms with Gasteiger partial charge in [-0.25, -0.2) is 0 Å². The molecule has 0 bridgehead atoms. The van der Waals surface area contributed by atoms with E-state index in [1.807, 2.05) is 32.0 Å². The Hall–Kier alpha value is -2.17. The summed E-state index contributed by atoms with van der Waals surface area (Å²) in [6.45, 7) is 6.72. The molecule has 1 fully saturated rings. The Morgan fingerprint density at radius 2 is 1.86 bits per heavy atom. The van der Waals surface area contributed by atoms with Crippen molar-refractivity contribution < 1.29 is 9.53 Å². The van der Waals surface area contributed by atoms with Crippen LogP contribution in [-0.2, 0) is 22.5 Å². The Kier molecular flexibility index (Phi) is 7.63. The van der Waals surface area contributed by atoms with Crippen LogP contribution in [0.4, 0.5) is 0 Å². The van der Waals surface area contributed by atoms with Crippen molar-refractivity contribution in [2.24, 2.45) is 0 Å². The molecule has 2 unspecified atom stereocenters. The van der Waals surface area contributed by atoms with Crippen LogP contribution >= 0.6 is 0 Å². The van der Waals surface area contributed by atoms with Crippen molar-refractivity contribution in [2.45, 2.75) is 51.7 Å². The van der Waals surface area contributed by atoms with Gasteiger partial charge in [-0.1, -0.05) is 68.4 Å². The van der Waals surface area contributed by atoms with Gasteiger partial charge in [-0.2, -0.15) is 0 Å². The lowest BCUT2D eigenvalue weighted by atomic mass is 9.87. The maximum atomic E-state index is 13.0. The van der Waals surface area contributed by atoms with Gasteiger partial charge in [0, 0.05) is 13.1 Å². The maximum Gasteiger partial charge on any atom is 0.240 e. The molecule has 4 nitrogen and oxygen atoms in total. The number of carbonyl (C=O) groups excluding carboxylic acids is 1. The fourth-order valence-electron chi connectivity index (χ4n) is 4.06. The van der Waals surface area contributed by atoms with E-state index in [2.05, 4.69) is 46.6 Å². The largest absolute Gasteiger partial charge is 0.378 e. The summed E-state index contributed by atoms with van der Waals surface area (Å²) in [6, 6.07) is 18.7. The van der Waals surface area contributed by atoms with E-state index in [1.54, 1.807) is 0 Å². The highest BCUT2D eigenvalue weighted by atomic mass is 16.5. The third-order valence-corrected chi connectivity index (χ3v) is 5.46. The van der Waals surface area contributed by atoms with Gasteiger partial charge in [-0.3, -0.25) is 9.69 Å². The van der Waals surface area contributed by atoms with Crippen molar-refractivity contribution in [3.63, 3.8) is 0 Å². The normalized spacial score (nSPS) is 21.8. The Morgan fingerprint density at radius 3 is 2.68 bits per heavy atom. The summed E-state index contributed by atoms with van der Waals surface area (Å²) in [5.41, 5.74) is 3.87. The Balaban J connectivity index is 0.00000109. The summed E-state index contributed by atoms with van der Waals surface area (Å²) in [5.74, 6) is 0.0855. The van der Waals surface area contributed by atoms with Crippen LogP contribution in [0.3, 0.4) is 0 Å². The van der Waals surface area contributed by atoms with Gasteiger partial charge < -0.3 is 10.1 Å². The Morgan fingerprint density at radius 1 is 1.11 bits per heavy atom. The van der Waals surface area contributed by atoms with Gasteiger partial charge in [0.05, 0.1) is 19.3 Å². The molecule has 1 saturated heterocycles. The number of rotatable bonds is 4. The van der Waals surface area contributed by atoms with Gasteiger partial charge in [-0.15, -0.1) is 0 Å². The van der Waals surface area contributed by atoms with E-state index >= 15 is 0 Å². The van der Waals surface area contributed by atoms with E-state index < -0.39 is 0 Å². The predicted molar refractivity (Wildman–Crippen MR) is 113 cm³/mol. The van der Waals surface area contributed by atoms with Crippen LogP contribution in [-0.4, -0.2) is 36.6 Å². The molecule has 1 heterocycles. The summed E-state index contributed by atoms with van der Waals surface area (Å²) >= 11 is 0. The number of aryl methyl sites for hydroxylation is 1. The van der Waals surface area contributed by atoms with Gasteiger partial charge in [0.25, 0.3) is 0 Å². The fraction of sp³-hybridized carbons (Fsp3) is 0.458. The highest BCUT2D eigenvalue weighted by molar-refractivity contribution is 5.82. The van der Waals surface area contributed by atoms with E-state index in [1.165, 1.54) is 16.7 Å². The number of hydrogen-bond donors (Lipinski definition) is 1. The van der Waals surface area contributed by atoms with Crippen molar-refractivity contribution in [3.05, 3.63) is 71.3 Å². The molecule has 1 aliphatic carbocycles. The lowest BCUT2D eigenvalue weighted by Gasteiger charge is -2.36. The van der Waals surface area contributed by atoms with E-state index in [9.17, 15) is 4.79 Å². The summed E-state index contributed by atoms with van der Waals surface area (Å²) in [7, 11) is 0. The zero-order valence-electron chi connectivity index (χ0n) is 17.1. The second kappa shape index (κ2) is 10.4. The third-order valence-electron chi connectivity index (χ3n) is 5.46. The fourth-order valence-corrected chi connectivity index (χ4v) is 4.06. The number of nitrogens with one attached hydrogen (secondary N) is 1. The number of carbonyl (C=O) groups is 1. The summed E-state index contributed by atoms with van der Waals surface area (Å²) in [4.78, 5) is 15.3. The average molecular weight is 381 g/mol. The third kappa shape index (κ3) is 5.00. The van der Waals surface area contributed by atoms with Crippen LogP contribution in [0.1, 0.15) is 49.4 Å². The van der Waals surface area contributed by atoms with E-state index in [-0.39, 0.29) is 18.0 Å². The summed E-state index contributed by atoms with van der Waals surface area (Å²) in [6.07, 6.45) is 3.24. The molecule has 1 N–H and O–H groups in total. The zero-order chi connectivity index (χ0) is 19.8. The van der Waals surface area contributed by atoms with E-state index in [0.29, 0.717) is 13.2 Å². The molecule has 4 heteroatoms. The molecule has 2 atom stereocenters. The second-order valence-electron chi connectivity index (χ2n) is 7.20. The van der Waals surface area contributed by atoms with Gasteiger partial charge in [0.2, 0.25) is 5.91 Å². The smallest absolute Gasteiger partial charge is 0.240 e. The van der Waals surface area contributed by atoms with Crippen molar-refractivity contribution in [3.8, 4) is 0 Å². The quantitative estimate of drug-likeness (QED) is 0.868. The summed E-state index contributed by atoms with van der Waals surface area (Å²) in [5, 5.41) is 3.30. The number of fused-ring (bicyclic) bond motifs is 1. The first-order valence-electron chi connectivity index (χ1n) is 10.5. The molecular weight excluding hydrogens is 348 g/mol. The minimum Gasteiger partial charge on any atom is -0.378 e. The molecule has 2 aromatic rings. The molecule has 150 valence electrons. The zero-order valence-corrected chi connectivity index (χ0v) is 17.1. The molecule has 2 aliphatic rings. The van der Waals surface area contributed by atoms with E-state index in [0.717, 1.165) is 32.4 Å². The molecular formula is C24H32N2O2. The highest BCUT2D eigenvalue weighted by Crippen LogP contribution is 2.29. The Labute approximate surface area is 168 Å². The van der Waals surface area contributed by atoms with Gasteiger partial charge in [0.15, 0.2) is 0 Å². The minimum absolute atomic E-state index is 0.0855. The molecule has 2 aromatic carbocycles. The average Bonchev–Trinajstić information content (AvgIpc) is 2.76. The topological polar surface area (TPSA) is 41.6 Å². The SMILES string of the molecule is CC.O=C(NC1CCCc2ccccc21)C1COCCN1Cc1ccccc1. The van der Waals surface area contributed by atoms with E-state index in [4.69, 9.17) is 4.74 Å². The van der Waals surface area contributed by atoms with Crippen LogP contribution < -0.4 is 5.32 Å². The molecule has 0 spiro atoms. The number of amides is 1. The second-order valence-corrected chi connectivity index (χ2v) is 7.20. The highest BCUT2D eigenvalue weighted by Gasteiger charge is 2.31. The first-order chi connectivity index (χ1) is 13.8. The molecule has 0 aromatic heterocycles. The first kappa shape index (κ1) is 20.6. The summed E-state index contributed by atoms with van der Waals surface area (Å²) < 4.78 is 5.63. The molecule has 1 amide bonds. The van der Waals surface area contributed by atoms with Crippen LogP contribution in [0.5, 0.6) is 0 Å². The lowest BCUT2D eigenvalue weighted by Crippen LogP contribution is -2.54. The van der Waals surface area contributed by atoms with Crippen molar-refractivity contribution >= 4 is 5.91 Å². The van der Waals surface area contributed by atoms with Gasteiger partial charge in [0.1, 0.15) is 6.04 Å². The van der Waals surface area contributed by atoms with Gasteiger partial charge in [-0.05, 0) is 36.0 Å². The molecule has 4 rings (SSSR count). The first-order valence-corrected chi connectivity index (χ1v) is 10.5.